The van der Waals surface area contributed by atoms with Crippen LogP contribution in [0.3, 0.4) is 0 Å². The normalized spacial score (nSPS) is 12.1. The van der Waals surface area contributed by atoms with Crippen molar-refractivity contribution in [1.29, 1.82) is 0 Å². The summed E-state index contributed by atoms with van der Waals surface area (Å²) < 4.78 is 29.2. The summed E-state index contributed by atoms with van der Waals surface area (Å²) in [5.41, 5.74) is 5.86. The topological polar surface area (TPSA) is 27.7 Å². The van der Waals surface area contributed by atoms with E-state index in [9.17, 15) is 0 Å². The summed E-state index contributed by atoms with van der Waals surface area (Å²) in [4.78, 5) is 0. The van der Waals surface area contributed by atoms with Gasteiger partial charge in [0.2, 0.25) is 0 Å². The van der Waals surface area contributed by atoms with Gasteiger partial charge in [0.15, 0.2) is 0 Å². The van der Waals surface area contributed by atoms with E-state index in [1.165, 1.54) is 206 Å². The van der Waals surface area contributed by atoms with Crippen LogP contribution >= 0.6 is 0 Å². The van der Waals surface area contributed by atoms with Crippen LogP contribution in [0.25, 0.3) is 0 Å². The van der Waals surface area contributed by atoms with E-state index in [1.54, 1.807) is 0 Å². The molecule has 2 aromatic carbocycles. The Morgan fingerprint density at radius 1 is 0.339 bits per heavy atom. The Labute approximate surface area is 379 Å². The average molecular weight is 1030 g/mol. The van der Waals surface area contributed by atoms with Gasteiger partial charge in [0, 0.05) is 0 Å². The van der Waals surface area contributed by atoms with Crippen molar-refractivity contribution in [2.45, 2.75) is 266 Å². The third-order valence-corrected chi connectivity index (χ3v) is 45.3. The number of hydrogen-bond donors (Lipinski definition) is 0. The van der Waals surface area contributed by atoms with Gasteiger partial charge in [0.05, 0.1) is 0 Å². The fourth-order valence-corrected chi connectivity index (χ4v) is 50.0. The molecule has 340 valence electrons. The molecule has 0 aromatic heterocycles. The zero-order valence-corrected chi connectivity index (χ0v) is 46.4. The first-order valence-electron chi connectivity index (χ1n) is 26.2. The molecule has 3 nitrogen and oxygen atoms in total. The monoisotopic (exact) mass is 1030 g/mol. The van der Waals surface area contributed by atoms with Gasteiger partial charge in [-0.25, -0.2) is 0 Å². The van der Waals surface area contributed by atoms with E-state index in [-0.39, 0.29) is 0 Å². The molecule has 0 spiro atoms. The molecule has 0 aliphatic carbocycles. The second-order valence-corrected chi connectivity index (χ2v) is 40.0. The Morgan fingerprint density at radius 2 is 0.627 bits per heavy atom. The number of rotatable bonds is 40. The molecule has 0 atom stereocenters. The molecular formula is C54H98O3Sn2. The molecule has 0 saturated carbocycles. The molecule has 2 rings (SSSR count). The standard InChI is InChI=1S/2C11H16O.4C8H17.O.2Sn/c2*1-3-6-10-9(4-2)7-5-8-11(10)12;4*1-3-5-7-8-6-4-2;;;/h2*5,7-8,12H,3-4,6H2,1-2H3;4*1,3-8H2,2H3;;;/q;;;;;;;2*+1/p-2. The van der Waals surface area contributed by atoms with Crippen molar-refractivity contribution in [2.24, 2.45) is 0 Å². The van der Waals surface area contributed by atoms with Crippen LogP contribution in [0.1, 0.15) is 245 Å². The summed E-state index contributed by atoms with van der Waals surface area (Å²) in [6.45, 7) is 18.7. The second kappa shape index (κ2) is 35.0. The third kappa shape index (κ3) is 22.2. The van der Waals surface area contributed by atoms with Crippen LogP contribution in [-0.2, 0) is 27.1 Å². The van der Waals surface area contributed by atoms with Crippen LogP contribution < -0.4 is 6.15 Å². The van der Waals surface area contributed by atoms with E-state index < -0.39 is 38.4 Å². The summed E-state index contributed by atoms with van der Waals surface area (Å²) in [5, 5.41) is 0. The van der Waals surface area contributed by atoms with Crippen LogP contribution in [0.2, 0.25) is 17.7 Å². The molecular weight excluding hydrogens is 934 g/mol. The molecule has 59 heavy (non-hydrogen) atoms. The van der Waals surface area contributed by atoms with E-state index in [1.807, 2.05) is 0 Å². The molecule has 0 amide bonds. The van der Waals surface area contributed by atoms with Gasteiger partial charge in [0.25, 0.3) is 0 Å². The summed E-state index contributed by atoms with van der Waals surface area (Å²) in [7, 11) is 0. The quantitative estimate of drug-likeness (QED) is 0.0492. The van der Waals surface area contributed by atoms with Gasteiger partial charge in [-0.1, -0.05) is 0 Å². The van der Waals surface area contributed by atoms with Gasteiger partial charge in [-0.05, 0) is 0 Å². The Bertz CT molecular complexity index is 1160. The van der Waals surface area contributed by atoms with Crippen molar-refractivity contribution in [3.8, 4) is 11.5 Å². The van der Waals surface area contributed by atoms with Crippen LogP contribution in [0, 0.1) is 0 Å². The van der Waals surface area contributed by atoms with E-state index >= 15 is 0 Å². The van der Waals surface area contributed by atoms with Gasteiger partial charge in [-0.2, -0.15) is 0 Å². The van der Waals surface area contributed by atoms with Gasteiger partial charge < -0.3 is 0 Å². The van der Waals surface area contributed by atoms with Crippen molar-refractivity contribution >= 4 is 38.4 Å². The van der Waals surface area contributed by atoms with E-state index in [0.717, 1.165) is 38.5 Å². The molecule has 0 unspecified atom stereocenters. The van der Waals surface area contributed by atoms with E-state index in [4.69, 9.17) is 7.56 Å². The summed E-state index contributed by atoms with van der Waals surface area (Å²) in [6, 6.07) is 14.0. The zero-order valence-electron chi connectivity index (χ0n) is 40.7. The fraction of sp³-hybridized carbons (Fsp3) is 0.778. The molecule has 0 heterocycles. The Kier molecular flexibility index (Phi) is 32.5. The van der Waals surface area contributed by atoms with Crippen molar-refractivity contribution in [3.05, 3.63) is 58.7 Å². The molecule has 2 aromatic rings. The SMILES string of the molecule is CCCCCCC[CH2][Sn]([CH2]CCCCCCC)([O]c1cccc(CC)c1CCC)[O][Sn]([CH2]CCCCCCC)([CH2]CCCCCCC)[O]c1cccc(CC)c1CCC. The first kappa shape index (κ1) is 54.7. The summed E-state index contributed by atoms with van der Waals surface area (Å²) in [6.07, 6.45) is 38.1. The summed E-state index contributed by atoms with van der Waals surface area (Å²) >= 11 is -7.81. The Morgan fingerprint density at radius 3 is 0.898 bits per heavy atom. The van der Waals surface area contributed by atoms with Crippen LogP contribution in [0.5, 0.6) is 11.5 Å². The molecule has 0 aliphatic rings. The first-order chi connectivity index (χ1) is 28.9. The molecule has 0 bridgehead atoms. The molecule has 0 radical (unpaired) electrons. The maximum atomic E-state index is 8.53. The van der Waals surface area contributed by atoms with Crippen molar-refractivity contribution in [2.75, 3.05) is 0 Å². The average Bonchev–Trinajstić information content (AvgIpc) is 3.24. The molecule has 0 fully saturated rings. The van der Waals surface area contributed by atoms with Gasteiger partial charge in [0.1, 0.15) is 0 Å². The zero-order chi connectivity index (χ0) is 42.9. The van der Waals surface area contributed by atoms with Crippen molar-refractivity contribution in [3.63, 3.8) is 0 Å². The van der Waals surface area contributed by atoms with Crippen LogP contribution in [0.4, 0.5) is 0 Å². The molecule has 0 aliphatic heterocycles. The van der Waals surface area contributed by atoms with Crippen molar-refractivity contribution in [1.82, 2.24) is 0 Å². The van der Waals surface area contributed by atoms with E-state index in [2.05, 4.69) is 91.8 Å². The molecule has 5 heteroatoms. The second-order valence-electron chi connectivity index (χ2n) is 18.2. The molecule has 0 saturated heterocycles. The minimum atomic E-state index is -3.91. The van der Waals surface area contributed by atoms with Crippen LogP contribution in [0.15, 0.2) is 36.4 Å². The number of aryl methyl sites for hydroxylation is 2. The van der Waals surface area contributed by atoms with Gasteiger partial charge in [-0.3, -0.25) is 0 Å². The first-order valence-corrected chi connectivity index (χ1v) is 38.9. The number of unbranched alkanes of at least 4 members (excludes halogenated alkanes) is 20. The number of benzene rings is 2. The van der Waals surface area contributed by atoms with Gasteiger partial charge in [-0.15, -0.1) is 0 Å². The van der Waals surface area contributed by atoms with Crippen molar-refractivity contribution < 1.29 is 7.56 Å². The van der Waals surface area contributed by atoms with Gasteiger partial charge >= 0.3 is 382 Å². The molecule has 0 N–H and O–H groups in total. The maximum absolute atomic E-state index is 8.53. The predicted octanol–water partition coefficient (Wildman–Crippen LogP) is 18.5. The predicted molar refractivity (Wildman–Crippen MR) is 266 cm³/mol. The summed E-state index contributed by atoms with van der Waals surface area (Å²) in [5.74, 6) is 2.36. The van der Waals surface area contributed by atoms with Crippen LogP contribution in [-0.4, -0.2) is 38.4 Å². The Balaban J connectivity index is 2.83. The number of hydrogen-bond acceptors (Lipinski definition) is 3. The third-order valence-electron chi connectivity index (χ3n) is 12.8. The minimum absolute atomic E-state index is 1.06. The Hall–Kier alpha value is -0.403. The van der Waals surface area contributed by atoms with E-state index in [0.29, 0.717) is 0 Å². The fourth-order valence-electron chi connectivity index (χ4n) is 9.28.